The molecule has 1 aliphatic carbocycles. The maximum absolute atomic E-state index is 12.0. The standard InChI is InChI=1S/C15H26O2/c1-2-3-4-5-8-11-14(16)15(17)12-9-6-7-10-13-15/h2,17H,1,3-13H2. The summed E-state index contributed by atoms with van der Waals surface area (Å²) in [7, 11) is 0. The van der Waals surface area contributed by atoms with Crippen molar-refractivity contribution in [1.82, 2.24) is 0 Å². The molecule has 0 radical (unpaired) electrons. The Morgan fingerprint density at radius 1 is 1.12 bits per heavy atom. The minimum absolute atomic E-state index is 0.0815. The molecule has 0 atom stereocenters. The third kappa shape index (κ3) is 5.03. The Kier molecular flexibility index (Phi) is 6.49. The smallest absolute Gasteiger partial charge is 0.164 e. The molecule has 2 heteroatoms. The van der Waals surface area contributed by atoms with Gasteiger partial charge in [0.15, 0.2) is 5.78 Å². The number of carbonyl (C=O) groups is 1. The lowest BCUT2D eigenvalue weighted by Gasteiger charge is -2.24. The highest BCUT2D eigenvalue weighted by Gasteiger charge is 2.34. The Morgan fingerprint density at radius 3 is 2.35 bits per heavy atom. The Labute approximate surface area is 105 Å². The maximum atomic E-state index is 12.0. The second-order valence-electron chi connectivity index (χ2n) is 5.26. The van der Waals surface area contributed by atoms with Gasteiger partial charge < -0.3 is 5.11 Å². The van der Waals surface area contributed by atoms with Crippen LogP contribution in [-0.4, -0.2) is 16.5 Å². The molecular weight excluding hydrogens is 212 g/mol. The van der Waals surface area contributed by atoms with E-state index in [2.05, 4.69) is 6.58 Å². The SMILES string of the molecule is C=CCCCCCC(=O)C1(O)CCCCCC1. The highest BCUT2D eigenvalue weighted by molar-refractivity contribution is 5.86. The molecular formula is C15H26O2. The zero-order valence-electron chi connectivity index (χ0n) is 10.9. The first kappa shape index (κ1) is 14.4. The van der Waals surface area contributed by atoms with Crippen molar-refractivity contribution in [2.75, 3.05) is 0 Å². The third-order valence-electron chi connectivity index (χ3n) is 3.76. The number of hydrogen-bond acceptors (Lipinski definition) is 2. The van der Waals surface area contributed by atoms with Gasteiger partial charge in [0.25, 0.3) is 0 Å². The van der Waals surface area contributed by atoms with Gasteiger partial charge in [-0.15, -0.1) is 6.58 Å². The predicted molar refractivity (Wildman–Crippen MR) is 70.9 cm³/mol. The number of rotatable bonds is 7. The summed E-state index contributed by atoms with van der Waals surface area (Å²) in [6.07, 6.45) is 12.3. The maximum Gasteiger partial charge on any atom is 0.164 e. The van der Waals surface area contributed by atoms with Crippen LogP contribution in [0.2, 0.25) is 0 Å². The van der Waals surface area contributed by atoms with Crippen molar-refractivity contribution >= 4 is 5.78 Å². The van der Waals surface area contributed by atoms with Crippen LogP contribution in [0.15, 0.2) is 12.7 Å². The predicted octanol–water partition coefficient (Wildman–Crippen LogP) is 3.78. The van der Waals surface area contributed by atoms with E-state index < -0.39 is 5.60 Å². The summed E-state index contributed by atoms with van der Waals surface area (Å²) < 4.78 is 0. The summed E-state index contributed by atoms with van der Waals surface area (Å²) in [6.45, 7) is 3.68. The molecule has 0 aliphatic heterocycles. The van der Waals surface area contributed by atoms with E-state index in [1.807, 2.05) is 6.08 Å². The molecule has 2 nitrogen and oxygen atoms in total. The van der Waals surface area contributed by atoms with E-state index in [4.69, 9.17) is 0 Å². The highest BCUT2D eigenvalue weighted by atomic mass is 16.3. The molecule has 0 amide bonds. The van der Waals surface area contributed by atoms with Crippen LogP contribution in [0.5, 0.6) is 0 Å². The van der Waals surface area contributed by atoms with Gasteiger partial charge in [-0.3, -0.25) is 4.79 Å². The zero-order valence-corrected chi connectivity index (χ0v) is 10.9. The third-order valence-corrected chi connectivity index (χ3v) is 3.76. The zero-order chi connectivity index (χ0) is 12.6. The van der Waals surface area contributed by atoms with Gasteiger partial charge in [-0.1, -0.05) is 38.2 Å². The fourth-order valence-corrected chi connectivity index (χ4v) is 2.58. The van der Waals surface area contributed by atoms with E-state index in [0.29, 0.717) is 19.3 Å². The molecule has 0 aromatic rings. The van der Waals surface area contributed by atoms with Gasteiger partial charge >= 0.3 is 0 Å². The molecule has 1 aliphatic rings. The molecule has 0 aromatic carbocycles. The van der Waals surface area contributed by atoms with Gasteiger partial charge in [0.1, 0.15) is 5.60 Å². The summed E-state index contributed by atoms with van der Waals surface area (Å²) in [5.41, 5.74) is -0.991. The lowest BCUT2D eigenvalue weighted by Crippen LogP contribution is -2.37. The number of allylic oxidation sites excluding steroid dienone is 1. The van der Waals surface area contributed by atoms with E-state index in [1.54, 1.807) is 0 Å². The molecule has 0 aromatic heterocycles. The fraction of sp³-hybridized carbons (Fsp3) is 0.800. The van der Waals surface area contributed by atoms with Gasteiger partial charge in [0.2, 0.25) is 0 Å². The Hall–Kier alpha value is -0.630. The van der Waals surface area contributed by atoms with E-state index in [9.17, 15) is 9.90 Å². The molecule has 0 unspecified atom stereocenters. The summed E-state index contributed by atoms with van der Waals surface area (Å²) in [5.74, 6) is 0.0815. The molecule has 98 valence electrons. The first-order valence-corrected chi connectivity index (χ1v) is 7.05. The molecule has 1 rings (SSSR count). The van der Waals surface area contributed by atoms with Crippen LogP contribution in [0.1, 0.15) is 70.6 Å². The van der Waals surface area contributed by atoms with Crippen LogP contribution in [0.4, 0.5) is 0 Å². The lowest BCUT2D eigenvalue weighted by molar-refractivity contribution is -0.138. The minimum atomic E-state index is -0.991. The number of aliphatic hydroxyl groups is 1. The van der Waals surface area contributed by atoms with Crippen LogP contribution < -0.4 is 0 Å². The van der Waals surface area contributed by atoms with Crippen LogP contribution in [0.3, 0.4) is 0 Å². The Balaban J connectivity index is 2.27. The van der Waals surface area contributed by atoms with Crippen LogP contribution in [0.25, 0.3) is 0 Å². The monoisotopic (exact) mass is 238 g/mol. The molecule has 1 fully saturated rings. The number of ketones is 1. The van der Waals surface area contributed by atoms with Crippen molar-refractivity contribution in [2.45, 2.75) is 76.2 Å². The van der Waals surface area contributed by atoms with Gasteiger partial charge in [-0.05, 0) is 32.1 Å². The first-order chi connectivity index (χ1) is 8.19. The van der Waals surface area contributed by atoms with Crippen molar-refractivity contribution in [3.8, 4) is 0 Å². The topological polar surface area (TPSA) is 37.3 Å². The Bertz CT molecular complexity index is 237. The van der Waals surface area contributed by atoms with Gasteiger partial charge in [0, 0.05) is 6.42 Å². The molecule has 1 saturated carbocycles. The normalized spacial score (nSPS) is 19.6. The van der Waals surface area contributed by atoms with E-state index in [-0.39, 0.29) is 5.78 Å². The molecule has 17 heavy (non-hydrogen) atoms. The Morgan fingerprint density at radius 2 is 1.76 bits per heavy atom. The molecule has 1 N–H and O–H groups in total. The van der Waals surface area contributed by atoms with Crippen molar-refractivity contribution in [3.63, 3.8) is 0 Å². The second kappa shape index (κ2) is 7.65. The fourth-order valence-electron chi connectivity index (χ4n) is 2.58. The number of unbranched alkanes of at least 4 members (excludes halogenated alkanes) is 3. The first-order valence-electron chi connectivity index (χ1n) is 7.05. The summed E-state index contributed by atoms with van der Waals surface area (Å²) in [5, 5.41) is 10.4. The summed E-state index contributed by atoms with van der Waals surface area (Å²) in [4.78, 5) is 12.0. The van der Waals surface area contributed by atoms with Gasteiger partial charge in [-0.2, -0.15) is 0 Å². The van der Waals surface area contributed by atoms with Crippen LogP contribution in [0, 0.1) is 0 Å². The van der Waals surface area contributed by atoms with Crippen molar-refractivity contribution in [3.05, 3.63) is 12.7 Å². The second-order valence-corrected chi connectivity index (χ2v) is 5.26. The summed E-state index contributed by atoms with van der Waals surface area (Å²) >= 11 is 0. The molecule has 0 bridgehead atoms. The van der Waals surface area contributed by atoms with Gasteiger partial charge in [-0.25, -0.2) is 0 Å². The number of hydrogen-bond donors (Lipinski definition) is 1. The largest absolute Gasteiger partial charge is 0.382 e. The van der Waals surface area contributed by atoms with Crippen molar-refractivity contribution in [1.29, 1.82) is 0 Å². The lowest BCUT2D eigenvalue weighted by atomic mass is 9.87. The minimum Gasteiger partial charge on any atom is -0.382 e. The van der Waals surface area contributed by atoms with Crippen LogP contribution >= 0.6 is 0 Å². The average Bonchev–Trinajstić information content (AvgIpc) is 2.54. The quantitative estimate of drug-likeness (QED) is 0.416. The number of carbonyl (C=O) groups excluding carboxylic acids is 1. The van der Waals surface area contributed by atoms with Crippen molar-refractivity contribution in [2.24, 2.45) is 0 Å². The van der Waals surface area contributed by atoms with E-state index in [0.717, 1.165) is 51.4 Å². The number of Topliss-reactive ketones (excluding diaryl/α,β-unsaturated/α-hetero) is 1. The van der Waals surface area contributed by atoms with E-state index >= 15 is 0 Å². The molecule has 0 heterocycles. The molecule has 0 saturated heterocycles. The molecule has 0 spiro atoms. The van der Waals surface area contributed by atoms with Gasteiger partial charge in [0.05, 0.1) is 0 Å². The van der Waals surface area contributed by atoms with Crippen LogP contribution in [-0.2, 0) is 4.79 Å². The van der Waals surface area contributed by atoms with Crippen molar-refractivity contribution < 1.29 is 9.90 Å². The average molecular weight is 238 g/mol. The summed E-state index contributed by atoms with van der Waals surface area (Å²) in [6, 6.07) is 0. The highest BCUT2D eigenvalue weighted by Crippen LogP contribution is 2.29. The van der Waals surface area contributed by atoms with E-state index in [1.165, 1.54) is 0 Å².